The molecule has 2 aliphatic heterocycles. The van der Waals surface area contributed by atoms with Gasteiger partial charge in [-0.2, -0.15) is 5.10 Å². The van der Waals surface area contributed by atoms with Gasteiger partial charge in [0.1, 0.15) is 5.69 Å². The second-order valence-electron chi connectivity index (χ2n) is 8.64. The van der Waals surface area contributed by atoms with E-state index in [-0.39, 0.29) is 11.8 Å². The third-order valence-corrected chi connectivity index (χ3v) is 6.60. The Labute approximate surface area is 189 Å². The third kappa shape index (κ3) is 3.14. The van der Waals surface area contributed by atoms with Crippen molar-refractivity contribution in [1.29, 1.82) is 0 Å². The van der Waals surface area contributed by atoms with Crippen LogP contribution in [0.25, 0.3) is 33.5 Å². The monoisotopic (exact) mass is 446 g/mol. The van der Waals surface area contributed by atoms with E-state index in [2.05, 4.69) is 15.2 Å². The molecule has 0 unspecified atom stereocenters. The predicted octanol–water partition coefficient (Wildman–Crippen LogP) is 4.17. The molecule has 0 radical (unpaired) electrons. The number of imidazole rings is 1. The van der Waals surface area contributed by atoms with E-state index in [1.165, 1.54) is 12.1 Å². The number of H-pyrrole nitrogens is 2. The first-order valence-corrected chi connectivity index (χ1v) is 11.1. The average molecular weight is 446 g/mol. The van der Waals surface area contributed by atoms with E-state index < -0.39 is 5.82 Å². The van der Waals surface area contributed by atoms with E-state index in [1.807, 2.05) is 34.9 Å². The van der Waals surface area contributed by atoms with Crippen LogP contribution in [0.3, 0.4) is 0 Å². The van der Waals surface area contributed by atoms with Crippen LogP contribution in [-0.4, -0.2) is 54.2 Å². The van der Waals surface area contributed by atoms with E-state index in [1.54, 1.807) is 0 Å². The number of fused-ring (bicyclic) bond motifs is 2. The number of aromatic hydroxyl groups is 1. The number of phenols is 1. The summed E-state index contributed by atoms with van der Waals surface area (Å²) in [6.45, 7) is 4.66. The van der Waals surface area contributed by atoms with Gasteiger partial charge in [-0.25, -0.2) is 14.2 Å². The van der Waals surface area contributed by atoms with Crippen LogP contribution in [0.2, 0.25) is 0 Å². The van der Waals surface area contributed by atoms with Gasteiger partial charge in [0.25, 0.3) is 0 Å². The number of halogens is 1. The summed E-state index contributed by atoms with van der Waals surface area (Å²) < 4.78 is 14.0. The highest BCUT2D eigenvalue weighted by Crippen LogP contribution is 2.34. The van der Waals surface area contributed by atoms with Gasteiger partial charge >= 0.3 is 6.03 Å². The van der Waals surface area contributed by atoms with Crippen LogP contribution in [0.15, 0.2) is 30.3 Å². The molecule has 0 aliphatic carbocycles. The van der Waals surface area contributed by atoms with Gasteiger partial charge in [0.15, 0.2) is 17.4 Å². The summed E-state index contributed by atoms with van der Waals surface area (Å²) in [5.41, 5.74) is 5.79. The third-order valence-electron chi connectivity index (χ3n) is 6.60. The molecule has 2 aromatic carbocycles. The van der Waals surface area contributed by atoms with Gasteiger partial charge in [0.05, 0.1) is 30.0 Å². The summed E-state index contributed by atoms with van der Waals surface area (Å²) in [5.74, 6) is -0.309. The van der Waals surface area contributed by atoms with Crippen LogP contribution in [0.5, 0.6) is 5.75 Å². The Bertz CT molecular complexity index is 1380. The van der Waals surface area contributed by atoms with E-state index in [0.29, 0.717) is 31.0 Å². The van der Waals surface area contributed by atoms with Gasteiger partial charge < -0.3 is 19.9 Å². The molecule has 3 N–H and O–H groups in total. The maximum absolute atomic E-state index is 14.0. The zero-order valence-electron chi connectivity index (χ0n) is 18.2. The lowest BCUT2D eigenvalue weighted by Crippen LogP contribution is -2.48. The number of amides is 2. The molecule has 4 aromatic rings. The number of rotatable bonds is 3. The predicted molar refractivity (Wildman–Crippen MR) is 121 cm³/mol. The number of aromatic nitrogens is 4. The molecule has 2 amide bonds. The highest BCUT2D eigenvalue weighted by atomic mass is 19.1. The van der Waals surface area contributed by atoms with Crippen LogP contribution in [0.4, 0.5) is 9.18 Å². The number of carbonyl (C=O) groups excluding carboxylic acids is 1. The zero-order chi connectivity index (χ0) is 22.7. The molecule has 1 saturated heterocycles. The summed E-state index contributed by atoms with van der Waals surface area (Å²) in [7, 11) is 0. The number of carbonyl (C=O) groups is 1. The molecule has 2 aromatic heterocycles. The maximum Gasteiger partial charge on any atom is 0.320 e. The van der Waals surface area contributed by atoms with Crippen LogP contribution >= 0.6 is 0 Å². The fraction of sp³-hybridized carbons (Fsp3) is 0.292. The standard InChI is InChI=1S/C24H23FN6O2/c1-2-13-9-21(32)17(25)10-16(13)14-4-5-15-18(8-14)28-29-22(15)23-26-19-11-31(12-20(19)27-23)24(33)30-6-3-7-30/h4-5,8-10,32H,2-3,6-7,11-12H2,1H3,(H,26,27)(H,28,29). The van der Waals surface area contributed by atoms with Crippen molar-refractivity contribution >= 4 is 16.9 Å². The molecule has 4 heterocycles. The topological polar surface area (TPSA) is 101 Å². The molecule has 168 valence electrons. The first-order chi connectivity index (χ1) is 16.0. The van der Waals surface area contributed by atoms with Crippen molar-refractivity contribution in [2.24, 2.45) is 0 Å². The second kappa shape index (κ2) is 7.33. The number of aromatic amines is 2. The number of nitrogens with one attached hydrogen (secondary N) is 2. The van der Waals surface area contributed by atoms with E-state index >= 15 is 0 Å². The van der Waals surface area contributed by atoms with Gasteiger partial charge in [-0.1, -0.05) is 13.0 Å². The van der Waals surface area contributed by atoms with Gasteiger partial charge in [-0.05, 0) is 53.8 Å². The van der Waals surface area contributed by atoms with Crippen molar-refractivity contribution in [3.8, 4) is 28.4 Å². The minimum atomic E-state index is -0.640. The molecule has 2 aliphatic rings. The molecule has 0 bridgehead atoms. The minimum Gasteiger partial charge on any atom is -0.505 e. The van der Waals surface area contributed by atoms with Gasteiger partial charge in [0, 0.05) is 18.5 Å². The molecule has 0 saturated carbocycles. The number of urea groups is 1. The van der Waals surface area contributed by atoms with E-state index in [9.17, 15) is 14.3 Å². The van der Waals surface area contributed by atoms with Crippen molar-refractivity contribution in [2.75, 3.05) is 13.1 Å². The Morgan fingerprint density at radius 2 is 2.03 bits per heavy atom. The highest BCUT2D eigenvalue weighted by Gasteiger charge is 2.32. The Hall–Kier alpha value is -3.88. The Morgan fingerprint density at radius 1 is 1.18 bits per heavy atom. The fourth-order valence-corrected chi connectivity index (χ4v) is 4.62. The largest absolute Gasteiger partial charge is 0.505 e. The average Bonchev–Trinajstić information content (AvgIpc) is 3.46. The number of hydrogen-bond acceptors (Lipinski definition) is 4. The summed E-state index contributed by atoms with van der Waals surface area (Å²) in [5, 5.41) is 18.1. The summed E-state index contributed by atoms with van der Waals surface area (Å²) in [6, 6.07) is 8.73. The van der Waals surface area contributed by atoms with Crippen LogP contribution < -0.4 is 0 Å². The lowest BCUT2D eigenvalue weighted by atomic mass is 9.96. The van der Waals surface area contributed by atoms with Gasteiger partial charge in [-0.3, -0.25) is 5.10 Å². The zero-order valence-corrected chi connectivity index (χ0v) is 18.2. The smallest absolute Gasteiger partial charge is 0.320 e. The molecule has 6 rings (SSSR count). The normalized spacial score (nSPS) is 15.2. The number of nitrogens with zero attached hydrogens (tertiary/aromatic N) is 4. The molecular weight excluding hydrogens is 423 g/mol. The number of likely N-dealkylation sites (tertiary alicyclic amines) is 1. The lowest BCUT2D eigenvalue weighted by molar-refractivity contribution is 0.126. The summed E-state index contributed by atoms with van der Waals surface area (Å²) in [4.78, 5) is 24.2. The molecule has 0 atom stereocenters. The second-order valence-corrected chi connectivity index (χ2v) is 8.64. The number of benzene rings is 2. The first-order valence-electron chi connectivity index (χ1n) is 11.1. The molecule has 8 nitrogen and oxygen atoms in total. The maximum atomic E-state index is 14.0. The van der Waals surface area contributed by atoms with E-state index in [4.69, 9.17) is 4.98 Å². The first kappa shape index (κ1) is 19.8. The molecular formula is C24H23FN6O2. The number of hydrogen-bond donors (Lipinski definition) is 3. The minimum absolute atomic E-state index is 0.0732. The molecule has 33 heavy (non-hydrogen) atoms. The molecule has 9 heteroatoms. The van der Waals surface area contributed by atoms with Crippen LogP contribution in [0.1, 0.15) is 30.3 Å². The Morgan fingerprint density at radius 3 is 2.76 bits per heavy atom. The van der Waals surface area contributed by atoms with Gasteiger partial charge in [-0.15, -0.1) is 0 Å². The quantitative estimate of drug-likeness (QED) is 0.440. The van der Waals surface area contributed by atoms with Crippen molar-refractivity contribution < 1.29 is 14.3 Å². The van der Waals surface area contributed by atoms with Crippen molar-refractivity contribution in [2.45, 2.75) is 32.9 Å². The highest BCUT2D eigenvalue weighted by molar-refractivity contribution is 5.94. The fourth-order valence-electron chi connectivity index (χ4n) is 4.62. The van der Waals surface area contributed by atoms with Crippen LogP contribution in [-0.2, 0) is 19.5 Å². The lowest BCUT2D eigenvalue weighted by Gasteiger charge is -2.34. The number of aryl methyl sites for hydroxylation is 1. The van der Waals surface area contributed by atoms with Crippen LogP contribution in [0, 0.1) is 5.82 Å². The van der Waals surface area contributed by atoms with Crippen molar-refractivity contribution in [3.63, 3.8) is 0 Å². The summed E-state index contributed by atoms with van der Waals surface area (Å²) >= 11 is 0. The SMILES string of the molecule is CCc1cc(O)c(F)cc1-c1ccc2c(-c3nc4c([nH]3)CN(C(=O)N3CCC3)C4)n[nH]c2c1. The number of phenolic OH excluding ortho intramolecular Hbond substituents is 1. The Kier molecular flexibility index (Phi) is 4.39. The Balaban J connectivity index is 1.30. The summed E-state index contributed by atoms with van der Waals surface area (Å²) in [6.07, 6.45) is 1.74. The van der Waals surface area contributed by atoms with Gasteiger partial charge in [0.2, 0.25) is 0 Å². The van der Waals surface area contributed by atoms with Crippen molar-refractivity contribution in [1.82, 2.24) is 30.0 Å². The molecule has 1 fully saturated rings. The molecule has 0 spiro atoms. The van der Waals surface area contributed by atoms with E-state index in [0.717, 1.165) is 58.5 Å². The van der Waals surface area contributed by atoms with Crippen molar-refractivity contribution in [3.05, 3.63) is 53.1 Å².